The molecule has 0 unspecified atom stereocenters. The van der Waals surface area contributed by atoms with Crippen LogP contribution in [0.3, 0.4) is 0 Å². The molecule has 0 radical (unpaired) electrons. The topological polar surface area (TPSA) is 66.9 Å². The molecule has 3 rings (SSSR count). The molecular weight excluding hydrogens is 414 g/mol. The van der Waals surface area contributed by atoms with Gasteiger partial charge in [0.25, 0.3) is 0 Å². The molecule has 0 N–H and O–H groups in total. The molecule has 162 valence electrons. The van der Waals surface area contributed by atoms with E-state index in [1.165, 1.54) is 12.3 Å². The van der Waals surface area contributed by atoms with Crippen molar-refractivity contribution in [3.8, 4) is 5.75 Å². The van der Waals surface area contributed by atoms with Gasteiger partial charge >= 0.3 is 0 Å². The van der Waals surface area contributed by atoms with Gasteiger partial charge in [0.05, 0.1) is 18.9 Å². The summed E-state index contributed by atoms with van der Waals surface area (Å²) in [6, 6.07) is 10.5. The standard InChI is InChI=1S/C21H24F2N2O4S/c1-30(27,28)15-16-3-6-18(7-4-16)29-12-2-9-24-10-11-25(14-21(24)26)17-5-8-19(22)20(23)13-17/h3-8,13H,2,9-12,14-15H2,1H3. The van der Waals surface area contributed by atoms with Gasteiger partial charge in [-0.3, -0.25) is 4.79 Å². The van der Waals surface area contributed by atoms with Gasteiger partial charge in [-0.1, -0.05) is 12.1 Å². The van der Waals surface area contributed by atoms with E-state index in [-0.39, 0.29) is 18.2 Å². The molecule has 6 nitrogen and oxygen atoms in total. The van der Waals surface area contributed by atoms with Crippen LogP contribution in [0.15, 0.2) is 42.5 Å². The summed E-state index contributed by atoms with van der Waals surface area (Å²) in [7, 11) is -3.07. The van der Waals surface area contributed by atoms with Crippen LogP contribution in [0.4, 0.5) is 14.5 Å². The zero-order chi connectivity index (χ0) is 21.7. The fourth-order valence-corrected chi connectivity index (χ4v) is 4.08. The maximum atomic E-state index is 13.4. The Kier molecular flexibility index (Phi) is 6.91. The number of rotatable bonds is 8. The van der Waals surface area contributed by atoms with Gasteiger partial charge in [0, 0.05) is 37.6 Å². The Morgan fingerprint density at radius 1 is 1.03 bits per heavy atom. The minimum atomic E-state index is -3.07. The highest BCUT2D eigenvalue weighted by atomic mass is 32.2. The van der Waals surface area contributed by atoms with Crippen molar-refractivity contribution >= 4 is 21.4 Å². The molecule has 0 aromatic heterocycles. The second-order valence-corrected chi connectivity index (χ2v) is 9.46. The number of hydrogen-bond acceptors (Lipinski definition) is 5. The van der Waals surface area contributed by atoms with Crippen LogP contribution in [0.1, 0.15) is 12.0 Å². The summed E-state index contributed by atoms with van der Waals surface area (Å²) in [5.74, 6) is -1.28. The summed E-state index contributed by atoms with van der Waals surface area (Å²) in [5.41, 5.74) is 1.19. The predicted molar refractivity (Wildman–Crippen MR) is 110 cm³/mol. The lowest BCUT2D eigenvalue weighted by Crippen LogP contribution is -2.50. The zero-order valence-corrected chi connectivity index (χ0v) is 17.5. The molecular formula is C21H24F2N2O4S. The SMILES string of the molecule is CS(=O)(=O)Cc1ccc(OCCCN2CCN(c3ccc(F)c(F)c3)CC2=O)cc1. The number of carbonyl (C=O) groups is 1. The van der Waals surface area contributed by atoms with Crippen LogP contribution in [-0.4, -0.2) is 58.3 Å². The number of carbonyl (C=O) groups excluding carboxylic acids is 1. The fourth-order valence-electron chi connectivity index (χ4n) is 3.28. The van der Waals surface area contributed by atoms with E-state index < -0.39 is 21.5 Å². The molecule has 1 aliphatic heterocycles. The Hall–Kier alpha value is -2.68. The van der Waals surface area contributed by atoms with Crippen LogP contribution in [0.2, 0.25) is 0 Å². The summed E-state index contributed by atoms with van der Waals surface area (Å²) in [6.07, 6.45) is 1.83. The lowest BCUT2D eigenvalue weighted by atomic mass is 10.2. The van der Waals surface area contributed by atoms with Gasteiger partial charge < -0.3 is 14.5 Å². The normalized spacial score (nSPS) is 14.8. The number of benzene rings is 2. The maximum Gasteiger partial charge on any atom is 0.242 e. The van der Waals surface area contributed by atoms with E-state index in [1.807, 2.05) is 0 Å². The lowest BCUT2D eigenvalue weighted by molar-refractivity contribution is -0.131. The van der Waals surface area contributed by atoms with Gasteiger partial charge in [-0.15, -0.1) is 0 Å². The van der Waals surface area contributed by atoms with Crippen LogP contribution in [-0.2, 0) is 20.4 Å². The summed E-state index contributed by atoms with van der Waals surface area (Å²) < 4.78 is 54.8. The molecule has 9 heteroatoms. The number of hydrogen-bond donors (Lipinski definition) is 0. The number of amides is 1. The van der Waals surface area contributed by atoms with Crippen LogP contribution in [0.5, 0.6) is 5.75 Å². The molecule has 2 aromatic carbocycles. The first kappa shape index (κ1) is 22.0. The maximum absolute atomic E-state index is 13.4. The Morgan fingerprint density at radius 2 is 1.77 bits per heavy atom. The summed E-state index contributed by atoms with van der Waals surface area (Å²) in [4.78, 5) is 15.8. The van der Waals surface area contributed by atoms with E-state index in [1.54, 1.807) is 34.1 Å². The van der Waals surface area contributed by atoms with Gasteiger partial charge in [-0.25, -0.2) is 17.2 Å². The predicted octanol–water partition coefficient (Wildman–Crippen LogP) is 2.63. The van der Waals surface area contributed by atoms with Gasteiger partial charge in [-0.2, -0.15) is 0 Å². The average Bonchev–Trinajstić information content (AvgIpc) is 2.68. The monoisotopic (exact) mass is 438 g/mol. The highest BCUT2D eigenvalue weighted by Crippen LogP contribution is 2.20. The second kappa shape index (κ2) is 9.42. The van der Waals surface area contributed by atoms with Gasteiger partial charge in [-0.05, 0) is 36.2 Å². The van der Waals surface area contributed by atoms with Gasteiger partial charge in [0.1, 0.15) is 5.75 Å². The third-order valence-electron chi connectivity index (χ3n) is 4.78. The van der Waals surface area contributed by atoms with Crippen molar-refractivity contribution in [2.75, 3.05) is 43.9 Å². The van der Waals surface area contributed by atoms with E-state index >= 15 is 0 Å². The van der Waals surface area contributed by atoms with Crippen molar-refractivity contribution in [2.45, 2.75) is 12.2 Å². The van der Waals surface area contributed by atoms with E-state index in [0.29, 0.717) is 49.7 Å². The molecule has 0 spiro atoms. The van der Waals surface area contributed by atoms with Crippen molar-refractivity contribution in [1.82, 2.24) is 4.90 Å². The van der Waals surface area contributed by atoms with Crippen LogP contribution < -0.4 is 9.64 Å². The Bertz CT molecular complexity index is 997. The zero-order valence-electron chi connectivity index (χ0n) is 16.7. The Morgan fingerprint density at radius 3 is 2.40 bits per heavy atom. The number of anilines is 1. The van der Waals surface area contributed by atoms with Gasteiger partial charge in [0.2, 0.25) is 5.91 Å². The fraction of sp³-hybridized carbons (Fsp3) is 0.381. The molecule has 0 saturated carbocycles. The molecule has 30 heavy (non-hydrogen) atoms. The third kappa shape index (κ3) is 6.16. The van der Waals surface area contributed by atoms with Crippen molar-refractivity contribution in [1.29, 1.82) is 0 Å². The molecule has 1 fully saturated rings. The second-order valence-electron chi connectivity index (χ2n) is 7.32. The van der Waals surface area contributed by atoms with Gasteiger partial charge in [0.15, 0.2) is 21.5 Å². The van der Waals surface area contributed by atoms with Crippen molar-refractivity contribution in [2.24, 2.45) is 0 Å². The van der Waals surface area contributed by atoms with E-state index in [9.17, 15) is 22.0 Å². The van der Waals surface area contributed by atoms with E-state index in [2.05, 4.69) is 0 Å². The van der Waals surface area contributed by atoms with Crippen LogP contribution in [0.25, 0.3) is 0 Å². The lowest BCUT2D eigenvalue weighted by Gasteiger charge is -2.35. The smallest absolute Gasteiger partial charge is 0.242 e. The molecule has 2 aromatic rings. The first-order chi connectivity index (χ1) is 14.2. The first-order valence-electron chi connectivity index (χ1n) is 9.58. The summed E-state index contributed by atoms with van der Waals surface area (Å²) >= 11 is 0. The van der Waals surface area contributed by atoms with Crippen LogP contribution in [0, 0.1) is 11.6 Å². The van der Waals surface area contributed by atoms with Crippen molar-refractivity contribution in [3.63, 3.8) is 0 Å². The highest BCUT2D eigenvalue weighted by Gasteiger charge is 2.24. The molecule has 0 atom stereocenters. The van der Waals surface area contributed by atoms with E-state index in [0.717, 1.165) is 12.1 Å². The molecule has 1 aliphatic rings. The minimum Gasteiger partial charge on any atom is -0.494 e. The summed E-state index contributed by atoms with van der Waals surface area (Å²) in [6.45, 7) is 2.11. The molecule has 1 saturated heterocycles. The Labute approximate surface area is 175 Å². The number of sulfone groups is 1. The van der Waals surface area contributed by atoms with E-state index in [4.69, 9.17) is 4.74 Å². The minimum absolute atomic E-state index is 0.00800. The highest BCUT2D eigenvalue weighted by molar-refractivity contribution is 7.89. The largest absolute Gasteiger partial charge is 0.494 e. The molecule has 1 amide bonds. The summed E-state index contributed by atoms with van der Waals surface area (Å²) in [5, 5.41) is 0. The Balaban J connectivity index is 1.41. The van der Waals surface area contributed by atoms with Crippen molar-refractivity contribution in [3.05, 3.63) is 59.7 Å². The first-order valence-corrected chi connectivity index (χ1v) is 11.6. The molecule has 0 aliphatic carbocycles. The number of ether oxygens (including phenoxy) is 1. The van der Waals surface area contributed by atoms with Crippen molar-refractivity contribution < 1.29 is 26.7 Å². The number of nitrogens with zero attached hydrogens (tertiary/aromatic N) is 2. The molecule has 0 bridgehead atoms. The average molecular weight is 438 g/mol. The third-order valence-corrected chi connectivity index (χ3v) is 5.64. The number of halogens is 2. The molecule has 1 heterocycles. The quantitative estimate of drug-likeness (QED) is 0.593. The van der Waals surface area contributed by atoms with Crippen LogP contribution >= 0.6 is 0 Å². The number of piperazine rings is 1.